The number of thioether (sulfide) groups is 1. The number of nitrogens with one attached hydrogen (secondary N) is 1. The van der Waals surface area contributed by atoms with Crippen LogP contribution < -0.4 is 10.1 Å². The fraction of sp³-hybridized carbons (Fsp3) is 0.600. The van der Waals surface area contributed by atoms with Gasteiger partial charge < -0.3 is 10.1 Å². The summed E-state index contributed by atoms with van der Waals surface area (Å²) in [5.41, 5.74) is 1.40. The molecule has 102 valence electrons. The third kappa shape index (κ3) is 5.78. The smallest absolute Gasteiger partial charge is 0.118 e. The number of hydrogen-bond acceptors (Lipinski definition) is 3. The Labute approximate surface area is 116 Å². The van der Waals surface area contributed by atoms with Crippen LogP contribution in [0.25, 0.3) is 0 Å². The van der Waals surface area contributed by atoms with Gasteiger partial charge in [-0.15, -0.1) is 0 Å². The Balaban J connectivity index is 2.51. The van der Waals surface area contributed by atoms with Gasteiger partial charge in [0.1, 0.15) is 5.75 Å². The van der Waals surface area contributed by atoms with Gasteiger partial charge in [0.25, 0.3) is 0 Å². The molecule has 0 aliphatic rings. The molecule has 3 heteroatoms. The minimum atomic E-state index is 0.728. The molecule has 0 spiro atoms. The summed E-state index contributed by atoms with van der Waals surface area (Å²) < 4.78 is 5.19. The van der Waals surface area contributed by atoms with Gasteiger partial charge in [-0.3, -0.25) is 0 Å². The van der Waals surface area contributed by atoms with E-state index in [9.17, 15) is 0 Å². The van der Waals surface area contributed by atoms with Crippen molar-refractivity contribution < 1.29 is 4.74 Å². The summed E-state index contributed by atoms with van der Waals surface area (Å²) in [6, 6.07) is 8.45. The highest BCUT2D eigenvalue weighted by molar-refractivity contribution is 7.98. The third-order valence-corrected chi connectivity index (χ3v) is 3.74. The van der Waals surface area contributed by atoms with Crippen molar-refractivity contribution in [1.82, 2.24) is 5.32 Å². The second-order valence-corrected chi connectivity index (χ2v) is 5.49. The van der Waals surface area contributed by atoms with Crippen LogP contribution in [0.15, 0.2) is 24.3 Å². The second-order valence-electron chi connectivity index (χ2n) is 4.51. The highest BCUT2D eigenvalue weighted by Crippen LogP contribution is 2.17. The normalized spacial score (nSPS) is 12.4. The molecule has 2 nitrogen and oxygen atoms in total. The maximum absolute atomic E-state index is 5.19. The van der Waals surface area contributed by atoms with Gasteiger partial charge in [0.15, 0.2) is 0 Å². The third-order valence-electron chi connectivity index (χ3n) is 3.10. The van der Waals surface area contributed by atoms with Crippen molar-refractivity contribution in [1.29, 1.82) is 0 Å². The molecule has 1 N–H and O–H groups in total. The fourth-order valence-corrected chi connectivity index (χ4v) is 2.57. The van der Waals surface area contributed by atoms with Crippen molar-refractivity contribution >= 4 is 11.8 Å². The first kappa shape index (κ1) is 15.4. The van der Waals surface area contributed by atoms with Gasteiger partial charge >= 0.3 is 0 Å². The predicted octanol–water partition coefficient (Wildman–Crippen LogP) is 3.22. The molecule has 0 radical (unpaired) electrons. The lowest BCUT2D eigenvalue weighted by Gasteiger charge is -2.17. The van der Waals surface area contributed by atoms with Gasteiger partial charge in [-0.25, -0.2) is 0 Å². The molecule has 0 heterocycles. The maximum atomic E-state index is 5.19. The SMILES string of the molecule is CCNCC(CCSC)Cc1ccc(OC)cc1. The van der Waals surface area contributed by atoms with Crippen molar-refractivity contribution in [2.75, 3.05) is 32.2 Å². The van der Waals surface area contributed by atoms with E-state index in [1.165, 1.54) is 17.7 Å². The molecular formula is C15H25NOS. The molecule has 1 rings (SSSR count). The van der Waals surface area contributed by atoms with Crippen LogP contribution in [0.1, 0.15) is 18.9 Å². The van der Waals surface area contributed by atoms with Crippen LogP contribution in [0.3, 0.4) is 0 Å². The lowest BCUT2D eigenvalue weighted by atomic mass is 9.96. The van der Waals surface area contributed by atoms with Crippen molar-refractivity contribution in [2.24, 2.45) is 5.92 Å². The van der Waals surface area contributed by atoms with E-state index < -0.39 is 0 Å². The largest absolute Gasteiger partial charge is 0.497 e. The molecule has 0 fully saturated rings. The molecular weight excluding hydrogens is 242 g/mol. The Kier molecular flexibility index (Phi) is 7.94. The highest BCUT2D eigenvalue weighted by Gasteiger charge is 2.09. The zero-order valence-electron chi connectivity index (χ0n) is 11.7. The molecule has 1 atom stereocenters. The summed E-state index contributed by atoms with van der Waals surface area (Å²) in [6.45, 7) is 4.33. The lowest BCUT2D eigenvalue weighted by molar-refractivity contribution is 0.414. The maximum Gasteiger partial charge on any atom is 0.118 e. The number of rotatable bonds is 9. The van der Waals surface area contributed by atoms with Crippen molar-refractivity contribution in [2.45, 2.75) is 19.8 Å². The average molecular weight is 267 g/mol. The number of benzene rings is 1. The van der Waals surface area contributed by atoms with Crippen molar-refractivity contribution in [3.63, 3.8) is 0 Å². The van der Waals surface area contributed by atoms with E-state index in [0.717, 1.165) is 31.2 Å². The number of methoxy groups -OCH3 is 1. The van der Waals surface area contributed by atoms with Crippen LogP contribution in [0.5, 0.6) is 5.75 Å². The summed E-state index contributed by atoms with van der Waals surface area (Å²) in [7, 11) is 1.71. The average Bonchev–Trinajstić information content (AvgIpc) is 2.42. The van der Waals surface area contributed by atoms with Crippen molar-refractivity contribution in [3.05, 3.63) is 29.8 Å². The first-order valence-electron chi connectivity index (χ1n) is 6.62. The Bertz CT molecular complexity index is 305. The molecule has 0 saturated carbocycles. The summed E-state index contributed by atoms with van der Waals surface area (Å²) in [5, 5.41) is 3.47. The summed E-state index contributed by atoms with van der Waals surface area (Å²) in [4.78, 5) is 0. The first-order valence-corrected chi connectivity index (χ1v) is 8.02. The molecule has 0 aliphatic heterocycles. The molecule has 0 saturated heterocycles. The van der Waals surface area contributed by atoms with Gasteiger partial charge in [0.2, 0.25) is 0 Å². The van der Waals surface area contributed by atoms with Gasteiger partial charge in [0.05, 0.1) is 7.11 Å². The Morgan fingerprint density at radius 2 is 2.00 bits per heavy atom. The summed E-state index contributed by atoms with van der Waals surface area (Å²) in [5.74, 6) is 2.91. The number of ether oxygens (including phenoxy) is 1. The first-order chi connectivity index (χ1) is 8.80. The molecule has 0 amide bonds. The Hall–Kier alpha value is -0.670. The monoisotopic (exact) mass is 267 g/mol. The van der Waals surface area contributed by atoms with E-state index >= 15 is 0 Å². The molecule has 0 aromatic heterocycles. The fourth-order valence-electron chi connectivity index (χ4n) is 2.00. The van der Waals surface area contributed by atoms with Crippen LogP contribution >= 0.6 is 11.8 Å². The molecule has 0 bridgehead atoms. The van der Waals surface area contributed by atoms with E-state index in [4.69, 9.17) is 4.74 Å². The Morgan fingerprint density at radius 1 is 1.28 bits per heavy atom. The van der Waals surface area contributed by atoms with Crippen LogP contribution in [0, 0.1) is 5.92 Å². The zero-order chi connectivity index (χ0) is 13.2. The lowest BCUT2D eigenvalue weighted by Crippen LogP contribution is -2.24. The molecule has 18 heavy (non-hydrogen) atoms. The van der Waals surface area contributed by atoms with E-state index in [1.54, 1.807) is 7.11 Å². The van der Waals surface area contributed by atoms with E-state index in [1.807, 2.05) is 23.9 Å². The topological polar surface area (TPSA) is 21.3 Å². The zero-order valence-corrected chi connectivity index (χ0v) is 12.6. The predicted molar refractivity (Wildman–Crippen MR) is 81.7 cm³/mol. The molecule has 1 aromatic rings. The van der Waals surface area contributed by atoms with Crippen LogP contribution in [0.2, 0.25) is 0 Å². The highest BCUT2D eigenvalue weighted by atomic mass is 32.2. The summed E-state index contributed by atoms with van der Waals surface area (Å²) in [6.07, 6.45) is 4.61. The standard InChI is InChI=1S/C15H25NOS/c1-4-16-12-14(9-10-18-3)11-13-5-7-15(17-2)8-6-13/h5-8,14,16H,4,9-12H2,1-3H3. The minimum Gasteiger partial charge on any atom is -0.497 e. The van der Waals surface area contributed by atoms with Crippen LogP contribution in [-0.4, -0.2) is 32.2 Å². The van der Waals surface area contributed by atoms with Gasteiger partial charge in [-0.2, -0.15) is 11.8 Å². The van der Waals surface area contributed by atoms with E-state index in [-0.39, 0.29) is 0 Å². The van der Waals surface area contributed by atoms with Crippen LogP contribution in [0.4, 0.5) is 0 Å². The minimum absolute atomic E-state index is 0.728. The van der Waals surface area contributed by atoms with Crippen LogP contribution in [-0.2, 0) is 6.42 Å². The van der Waals surface area contributed by atoms with E-state index in [0.29, 0.717) is 0 Å². The number of hydrogen-bond donors (Lipinski definition) is 1. The Morgan fingerprint density at radius 3 is 2.56 bits per heavy atom. The summed E-state index contributed by atoms with van der Waals surface area (Å²) >= 11 is 1.93. The van der Waals surface area contributed by atoms with Gasteiger partial charge in [0, 0.05) is 0 Å². The molecule has 0 aliphatic carbocycles. The molecule has 1 unspecified atom stereocenters. The van der Waals surface area contributed by atoms with Gasteiger partial charge in [-0.05, 0) is 61.6 Å². The van der Waals surface area contributed by atoms with E-state index in [2.05, 4.69) is 30.6 Å². The molecule has 1 aromatic carbocycles. The van der Waals surface area contributed by atoms with Gasteiger partial charge in [-0.1, -0.05) is 19.1 Å². The second kappa shape index (κ2) is 9.29. The quantitative estimate of drug-likeness (QED) is 0.742. The van der Waals surface area contributed by atoms with Crippen molar-refractivity contribution in [3.8, 4) is 5.75 Å².